The number of allylic oxidation sites excluding steroid dienone is 1. The first kappa shape index (κ1) is 20.4. The number of carbonyl (C=O) groups excluding carboxylic acids is 3. The lowest BCUT2D eigenvalue weighted by Crippen LogP contribution is -2.54. The standard InChI is InChI=1S/C23H34N2O4/c26-20(24-7-6-16-4-2-1-3-5-16)15-29-21(27)14-25-22(28)23-11-17-8-18(12-23)10-19(9-17)13-23/h4,17-19H,1-3,5-15H2,(H,24,26)(H,25,28). The fourth-order valence-corrected chi connectivity index (χ4v) is 6.47. The van der Waals surface area contributed by atoms with Crippen molar-refractivity contribution in [2.24, 2.45) is 23.2 Å². The van der Waals surface area contributed by atoms with Crippen LogP contribution in [0.3, 0.4) is 0 Å². The third kappa shape index (κ3) is 5.01. The Kier molecular flexibility index (Phi) is 6.26. The maximum atomic E-state index is 12.8. The van der Waals surface area contributed by atoms with Crippen LogP contribution in [-0.2, 0) is 19.1 Å². The lowest BCUT2D eigenvalue weighted by molar-refractivity contribution is -0.152. The first-order valence-corrected chi connectivity index (χ1v) is 11.4. The van der Waals surface area contributed by atoms with Gasteiger partial charge in [-0.05, 0) is 88.4 Å². The van der Waals surface area contributed by atoms with Gasteiger partial charge in [0.15, 0.2) is 6.61 Å². The summed E-state index contributed by atoms with van der Waals surface area (Å²) < 4.78 is 5.04. The summed E-state index contributed by atoms with van der Waals surface area (Å²) in [6.45, 7) is 0.136. The summed E-state index contributed by atoms with van der Waals surface area (Å²) in [6, 6.07) is 0. The second-order valence-electron chi connectivity index (χ2n) is 9.75. The van der Waals surface area contributed by atoms with Crippen LogP contribution in [0.4, 0.5) is 0 Å². The number of esters is 1. The molecule has 0 aromatic heterocycles. The third-order valence-corrected chi connectivity index (χ3v) is 7.43. The van der Waals surface area contributed by atoms with Crippen LogP contribution in [0.15, 0.2) is 11.6 Å². The van der Waals surface area contributed by atoms with Crippen molar-refractivity contribution in [3.05, 3.63) is 11.6 Å². The van der Waals surface area contributed by atoms with E-state index in [1.54, 1.807) is 0 Å². The van der Waals surface area contributed by atoms with Crippen LogP contribution in [-0.4, -0.2) is 37.5 Å². The average molecular weight is 403 g/mol. The zero-order valence-corrected chi connectivity index (χ0v) is 17.3. The summed E-state index contributed by atoms with van der Waals surface area (Å²) in [5.74, 6) is 1.24. The van der Waals surface area contributed by atoms with Crippen LogP contribution in [0.1, 0.15) is 70.6 Å². The molecule has 0 aromatic rings. The molecule has 0 atom stereocenters. The highest BCUT2D eigenvalue weighted by Crippen LogP contribution is 2.60. The second kappa shape index (κ2) is 8.88. The molecule has 2 N–H and O–H groups in total. The predicted molar refractivity (Wildman–Crippen MR) is 109 cm³/mol. The zero-order valence-electron chi connectivity index (χ0n) is 17.3. The van der Waals surface area contributed by atoms with Gasteiger partial charge in [-0.3, -0.25) is 14.4 Å². The molecule has 0 radical (unpaired) electrons. The van der Waals surface area contributed by atoms with Crippen molar-refractivity contribution in [3.63, 3.8) is 0 Å². The number of ether oxygens (including phenoxy) is 1. The minimum absolute atomic E-state index is 0.0127. The molecule has 6 heteroatoms. The maximum Gasteiger partial charge on any atom is 0.325 e. The van der Waals surface area contributed by atoms with Gasteiger partial charge in [-0.1, -0.05) is 11.6 Å². The topological polar surface area (TPSA) is 84.5 Å². The summed E-state index contributed by atoms with van der Waals surface area (Å²) in [5.41, 5.74) is 1.14. The fourth-order valence-electron chi connectivity index (χ4n) is 6.47. The van der Waals surface area contributed by atoms with Gasteiger partial charge in [-0.2, -0.15) is 0 Å². The molecule has 0 unspecified atom stereocenters. The van der Waals surface area contributed by atoms with E-state index in [1.165, 1.54) is 37.7 Å². The van der Waals surface area contributed by atoms with Crippen LogP contribution in [0.25, 0.3) is 0 Å². The Balaban J connectivity index is 1.13. The van der Waals surface area contributed by atoms with Crippen LogP contribution < -0.4 is 10.6 Å². The first-order chi connectivity index (χ1) is 14.0. The van der Waals surface area contributed by atoms with Gasteiger partial charge in [-0.15, -0.1) is 0 Å². The molecule has 6 nitrogen and oxygen atoms in total. The molecule has 5 rings (SSSR count). The fraction of sp³-hybridized carbons (Fsp3) is 0.783. The number of rotatable bonds is 8. The molecule has 4 bridgehead atoms. The van der Waals surface area contributed by atoms with Crippen LogP contribution >= 0.6 is 0 Å². The Morgan fingerprint density at radius 3 is 2.31 bits per heavy atom. The lowest BCUT2D eigenvalue weighted by Gasteiger charge is -2.55. The van der Waals surface area contributed by atoms with Crippen molar-refractivity contribution >= 4 is 17.8 Å². The highest BCUT2D eigenvalue weighted by molar-refractivity contribution is 5.87. The quantitative estimate of drug-likeness (QED) is 0.483. The van der Waals surface area contributed by atoms with Gasteiger partial charge in [0.05, 0.1) is 0 Å². The molecule has 2 amide bonds. The number of amides is 2. The number of nitrogens with one attached hydrogen (secondary N) is 2. The number of hydrogen-bond donors (Lipinski definition) is 2. The molecule has 29 heavy (non-hydrogen) atoms. The van der Waals surface area contributed by atoms with E-state index in [4.69, 9.17) is 4.74 Å². The van der Waals surface area contributed by atoms with E-state index in [0.29, 0.717) is 24.3 Å². The van der Waals surface area contributed by atoms with Crippen molar-refractivity contribution in [3.8, 4) is 0 Å². The molecule has 5 aliphatic carbocycles. The van der Waals surface area contributed by atoms with E-state index >= 15 is 0 Å². The number of hydrogen-bond acceptors (Lipinski definition) is 4. The molecule has 0 spiro atoms. The Bertz CT molecular complexity index is 649. The molecule has 4 saturated carbocycles. The maximum absolute atomic E-state index is 12.8. The minimum atomic E-state index is -0.548. The van der Waals surface area contributed by atoms with Crippen molar-refractivity contribution < 1.29 is 19.1 Å². The zero-order chi connectivity index (χ0) is 20.3. The minimum Gasteiger partial charge on any atom is -0.454 e. The third-order valence-electron chi connectivity index (χ3n) is 7.43. The van der Waals surface area contributed by atoms with E-state index in [-0.39, 0.29) is 30.4 Å². The Morgan fingerprint density at radius 1 is 1.00 bits per heavy atom. The largest absolute Gasteiger partial charge is 0.454 e. The van der Waals surface area contributed by atoms with Gasteiger partial charge in [0.1, 0.15) is 6.54 Å². The van der Waals surface area contributed by atoms with Gasteiger partial charge in [0.25, 0.3) is 5.91 Å². The molecule has 4 fully saturated rings. The molecule has 0 aliphatic heterocycles. The summed E-state index contributed by atoms with van der Waals surface area (Å²) in [4.78, 5) is 36.7. The van der Waals surface area contributed by atoms with E-state index in [2.05, 4.69) is 16.7 Å². The molecule has 0 aromatic carbocycles. The monoisotopic (exact) mass is 402 g/mol. The summed E-state index contributed by atoms with van der Waals surface area (Å²) >= 11 is 0. The molecule has 5 aliphatic rings. The molecule has 0 saturated heterocycles. The molecular formula is C23H34N2O4. The molecule has 160 valence electrons. The van der Waals surface area contributed by atoms with E-state index in [0.717, 1.165) is 38.5 Å². The van der Waals surface area contributed by atoms with Crippen LogP contribution in [0.5, 0.6) is 0 Å². The van der Waals surface area contributed by atoms with E-state index < -0.39 is 5.97 Å². The van der Waals surface area contributed by atoms with Gasteiger partial charge < -0.3 is 15.4 Å². The van der Waals surface area contributed by atoms with Crippen LogP contribution in [0, 0.1) is 23.2 Å². The van der Waals surface area contributed by atoms with Crippen molar-refractivity contribution in [2.45, 2.75) is 70.6 Å². The van der Waals surface area contributed by atoms with Crippen molar-refractivity contribution in [1.82, 2.24) is 10.6 Å². The lowest BCUT2D eigenvalue weighted by atomic mass is 9.49. The van der Waals surface area contributed by atoms with Gasteiger partial charge >= 0.3 is 5.97 Å². The normalized spacial score (nSPS) is 32.4. The Morgan fingerprint density at radius 2 is 1.69 bits per heavy atom. The highest BCUT2D eigenvalue weighted by Gasteiger charge is 2.54. The molecular weight excluding hydrogens is 368 g/mol. The second-order valence-corrected chi connectivity index (χ2v) is 9.75. The summed E-state index contributed by atoms with van der Waals surface area (Å²) in [6.07, 6.45) is 14.6. The Labute approximate surface area is 173 Å². The molecule has 0 heterocycles. The van der Waals surface area contributed by atoms with Gasteiger partial charge in [-0.25, -0.2) is 0 Å². The van der Waals surface area contributed by atoms with Gasteiger partial charge in [0, 0.05) is 12.0 Å². The van der Waals surface area contributed by atoms with E-state index in [1.807, 2.05) is 0 Å². The predicted octanol–water partition coefficient (Wildman–Crippen LogP) is 2.87. The van der Waals surface area contributed by atoms with Crippen LogP contribution in [0.2, 0.25) is 0 Å². The van der Waals surface area contributed by atoms with E-state index in [9.17, 15) is 14.4 Å². The SMILES string of the molecule is O=C(COC(=O)CNC(=O)C12CC3CC(CC(C3)C1)C2)NCCC1=CCCCC1. The van der Waals surface area contributed by atoms with Gasteiger partial charge in [0.2, 0.25) is 5.91 Å². The first-order valence-electron chi connectivity index (χ1n) is 11.4. The van der Waals surface area contributed by atoms with Crippen molar-refractivity contribution in [1.29, 1.82) is 0 Å². The number of carbonyl (C=O) groups is 3. The highest BCUT2D eigenvalue weighted by atomic mass is 16.5. The van der Waals surface area contributed by atoms with Crippen molar-refractivity contribution in [2.75, 3.05) is 19.7 Å². The average Bonchev–Trinajstić information content (AvgIpc) is 2.70. The summed E-state index contributed by atoms with van der Waals surface area (Å²) in [7, 11) is 0. The Hall–Kier alpha value is -1.85. The summed E-state index contributed by atoms with van der Waals surface area (Å²) in [5, 5.41) is 5.59. The smallest absolute Gasteiger partial charge is 0.325 e.